The summed E-state index contributed by atoms with van der Waals surface area (Å²) in [6.07, 6.45) is 0.932. The Morgan fingerprint density at radius 2 is 2.18 bits per heavy atom. The molecular weight excluding hydrogens is 320 g/mol. The van der Waals surface area contributed by atoms with E-state index in [1.807, 2.05) is 18.2 Å². The molecule has 1 heterocycles. The number of thiophene rings is 1. The van der Waals surface area contributed by atoms with Gasteiger partial charge in [-0.15, -0.1) is 11.6 Å². The van der Waals surface area contributed by atoms with Crippen LogP contribution in [0.4, 0.5) is 0 Å². The largest absolute Gasteiger partial charge is 0.493 e. The Bertz CT molecular complexity index is 470. The Kier molecular flexibility index (Phi) is 4.89. The minimum Gasteiger partial charge on any atom is -0.493 e. The first-order valence-electron chi connectivity index (χ1n) is 5.28. The van der Waals surface area contributed by atoms with Crippen molar-refractivity contribution in [2.24, 2.45) is 0 Å². The van der Waals surface area contributed by atoms with Crippen LogP contribution in [0, 0.1) is 0 Å². The molecule has 0 fully saturated rings. The molecule has 1 aromatic heterocycles. The summed E-state index contributed by atoms with van der Waals surface area (Å²) in [5, 5.41) is 4.23. The normalized spacial score (nSPS) is 10.5. The molecule has 17 heavy (non-hydrogen) atoms. The summed E-state index contributed by atoms with van der Waals surface area (Å²) in [6, 6.07) is 8.04. The summed E-state index contributed by atoms with van der Waals surface area (Å²) in [5.74, 6) is 1.34. The summed E-state index contributed by atoms with van der Waals surface area (Å²) < 4.78 is 6.78. The summed E-state index contributed by atoms with van der Waals surface area (Å²) in [5.41, 5.74) is 2.34. The van der Waals surface area contributed by atoms with Gasteiger partial charge in [0.2, 0.25) is 0 Å². The molecule has 0 atom stereocenters. The van der Waals surface area contributed by atoms with E-state index in [2.05, 4.69) is 32.8 Å². The number of rotatable bonds is 5. The molecule has 0 amide bonds. The van der Waals surface area contributed by atoms with Gasteiger partial charge in [-0.3, -0.25) is 0 Å². The fourth-order valence-corrected chi connectivity index (χ4v) is 2.83. The quantitative estimate of drug-likeness (QED) is 0.710. The number of hydrogen-bond donors (Lipinski definition) is 0. The SMILES string of the molecule is ClCc1cc(Br)ccc1OCCc1ccsc1. The zero-order valence-electron chi connectivity index (χ0n) is 9.16. The van der Waals surface area contributed by atoms with Gasteiger partial charge in [-0.1, -0.05) is 15.9 Å². The maximum absolute atomic E-state index is 5.88. The average molecular weight is 332 g/mol. The van der Waals surface area contributed by atoms with Gasteiger partial charge in [0.25, 0.3) is 0 Å². The van der Waals surface area contributed by atoms with Gasteiger partial charge in [-0.25, -0.2) is 0 Å². The number of halogens is 2. The van der Waals surface area contributed by atoms with Crippen LogP contribution in [-0.2, 0) is 12.3 Å². The predicted molar refractivity (Wildman–Crippen MR) is 77.2 cm³/mol. The highest BCUT2D eigenvalue weighted by Crippen LogP contribution is 2.24. The minimum atomic E-state index is 0.466. The first-order valence-corrected chi connectivity index (χ1v) is 7.55. The molecule has 2 rings (SSSR count). The van der Waals surface area contributed by atoms with Crippen LogP contribution in [0.5, 0.6) is 5.75 Å². The van der Waals surface area contributed by atoms with Gasteiger partial charge in [0, 0.05) is 16.5 Å². The smallest absolute Gasteiger partial charge is 0.123 e. The molecule has 0 aliphatic rings. The van der Waals surface area contributed by atoms with E-state index in [4.69, 9.17) is 16.3 Å². The molecule has 0 aliphatic heterocycles. The lowest BCUT2D eigenvalue weighted by Gasteiger charge is -2.09. The molecule has 0 bridgehead atoms. The molecule has 0 saturated heterocycles. The topological polar surface area (TPSA) is 9.23 Å². The number of ether oxygens (including phenoxy) is 1. The van der Waals surface area contributed by atoms with Crippen molar-refractivity contribution in [3.63, 3.8) is 0 Å². The van der Waals surface area contributed by atoms with Crippen molar-refractivity contribution in [3.05, 3.63) is 50.6 Å². The van der Waals surface area contributed by atoms with Crippen molar-refractivity contribution in [1.29, 1.82) is 0 Å². The first-order chi connectivity index (χ1) is 8.29. The summed E-state index contributed by atoms with van der Waals surface area (Å²) in [4.78, 5) is 0. The van der Waals surface area contributed by atoms with E-state index in [0.29, 0.717) is 12.5 Å². The van der Waals surface area contributed by atoms with Gasteiger partial charge in [0.05, 0.1) is 12.5 Å². The summed E-state index contributed by atoms with van der Waals surface area (Å²) in [7, 11) is 0. The van der Waals surface area contributed by atoms with Crippen molar-refractivity contribution in [2.45, 2.75) is 12.3 Å². The third-order valence-electron chi connectivity index (χ3n) is 2.39. The Balaban J connectivity index is 1.94. The van der Waals surface area contributed by atoms with Crippen molar-refractivity contribution in [1.82, 2.24) is 0 Å². The highest BCUT2D eigenvalue weighted by molar-refractivity contribution is 9.10. The van der Waals surface area contributed by atoms with Crippen LogP contribution in [0.2, 0.25) is 0 Å². The molecule has 1 nitrogen and oxygen atoms in total. The van der Waals surface area contributed by atoms with Gasteiger partial charge >= 0.3 is 0 Å². The van der Waals surface area contributed by atoms with Gasteiger partial charge in [0.15, 0.2) is 0 Å². The van der Waals surface area contributed by atoms with Crippen LogP contribution in [0.1, 0.15) is 11.1 Å². The lowest BCUT2D eigenvalue weighted by molar-refractivity contribution is 0.319. The number of benzene rings is 1. The average Bonchev–Trinajstić information content (AvgIpc) is 2.84. The molecule has 0 unspecified atom stereocenters. The highest BCUT2D eigenvalue weighted by Gasteiger charge is 2.03. The van der Waals surface area contributed by atoms with E-state index < -0.39 is 0 Å². The first kappa shape index (κ1) is 12.9. The van der Waals surface area contributed by atoms with Crippen LogP contribution < -0.4 is 4.74 Å². The van der Waals surface area contributed by atoms with Crippen LogP contribution in [0.15, 0.2) is 39.5 Å². The van der Waals surface area contributed by atoms with Gasteiger partial charge < -0.3 is 4.74 Å². The Morgan fingerprint density at radius 3 is 2.88 bits per heavy atom. The fraction of sp³-hybridized carbons (Fsp3) is 0.231. The van der Waals surface area contributed by atoms with E-state index in [9.17, 15) is 0 Å². The van der Waals surface area contributed by atoms with Crippen LogP contribution in [-0.4, -0.2) is 6.61 Å². The molecule has 0 N–H and O–H groups in total. The molecule has 90 valence electrons. The molecule has 0 aliphatic carbocycles. The monoisotopic (exact) mass is 330 g/mol. The Labute approximate surface area is 119 Å². The predicted octanol–water partition coefficient (Wildman–Crippen LogP) is 4.87. The van der Waals surface area contributed by atoms with Gasteiger partial charge in [-0.2, -0.15) is 11.3 Å². The molecule has 2 aromatic rings. The molecular formula is C13H12BrClOS. The molecule has 0 saturated carbocycles. The summed E-state index contributed by atoms with van der Waals surface area (Å²) >= 11 is 11.0. The zero-order chi connectivity index (χ0) is 12.1. The molecule has 0 radical (unpaired) electrons. The van der Waals surface area contributed by atoms with E-state index >= 15 is 0 Å². The Hall–Kier alpha value is -0.510. The maximum atomic E-state index is 5.88. The second-order valence-corrected chi connectivity index (χ2v) is 5.58. The van der Waals surface area contributed by atoms with Crippen LogP contribution >= 0.6 is 38.9 Å². The lowest BCUT2D eigenvalue weighted by atomic mass is 10.2. The second-order valence-electron chi connectivity index (χ2n) is 3.62. The molecule has 0 spiro atoms. The Morgan fingerprint density at radius 1 is 1.29 bits per heavy atom. The van der Waals surface area contributed by atoms with Crippen molar-refractivity contribution >= 4 is 38.9 Å². The molecule has 1 aromatic carbocycles. The van der Waals surface area contributed by atoms with Gasteiger partial charge in [0.1, 0.15) is 5.75 Å². The van der Waals surface area contributed by atoms with E-state index in [0.717, 1.165) is 22.2 Å². The van der Waals surface area contributed by atoms with Gasteiger partial charge in [-0.05, 0) is 40.6 Å². The maximum Gasteiger partial charge on any atom is 0.123 e. The lowest BCUT2D eigenvalue weighted by Crippen LogP contribution is -2.02. The fourth-order valence-electron chi connectivity index (χ4n) is 1.51. The number of alkyl halides is 1. The standard InChI is InChI=1S/C13H12BrClOS/c14-12-1-2-13(11(7-12)8-15)16-5-3-10-4-6-17-9-10/h1-2,4,6-7,9H,3,5,8H2. The number of hydrogen-bond acceptors (Lipinski definition) is 2. The second kappa shape index (κ2) is 6.43. The highest BCUT2D eigenvalue weighted by atomic mass is 79.9. The third-order valence-corrected chi connectivity index (χ3v) is 3.91. The van der Waals surface area contributed by atoms with Crippen molar-refractivity contribution in [2.75, 3.05) is 6.61 Å². The van der Waals surface area contributed by atoms with Crippen molar-refractivity contribution in [3.8, 4) is 5.75 Å². The molecule has 4 heteroatoms. The summed E-state index contributed by atoms with van der Waals surface area (Å²) in [6.45, 7) is 0.683. The van der Waals surface area contributed by atoms with E-state index in [1.165, 1.54) is 5.56 Å². The van der Waals surface area contributed by atoms with Crippen LogP contribution in [0.25, 0.3) is 0 Å². The van der Waals surface area contributed by atoms with Crippen LogP contribution in [0.3, 0.4) is 0 Å². The van der Waals surface area contributed by atoms with Crippen molar-refractivity contribution < 1.29 is 4.74 Å². The van der Waals surface area contributed by atoms with E-state index in [-0.39, 0.29) is 0 Å². The zero-order valence-corrected chi connectivity index (χ0v) is 12.3. The minimum absolute atomic E-state index is 0.466. The third kappa shape index (κ3) is 3.73. The van der Waals surface area contributed by atoms with E-state index in [1.54, 1.807) is 11.3 Å².